The van der Waals surface area contributed by atoms with Gasteiger partial charge in [0.15, 0.2) is 0 Å². The van der Waals surface area contributed by atoms with Crippen LogP contribution in [0.1, 0.15) is 38.2 Å². The van der Waals surface area contributed by atoms with E-state index in [0.717, 1.165) is 18.4 Å². The van der Waals surface area contributed by atoms with E-state index in [1.807, 2.05) is 6.92 Å². The summed E-state index contributed by atoms with van der Waals surface area (Å²) < 4.78 is 27.5. The van der Waals surface area contributed by atoms with E-state index in [1.54, 1.807) is 12.1 Å². The minimum absolute atomic E-state index is 0.0623. The lowest BCUT2D eigenvalue weighted by molar-refractivity contribution is 0.424. The van der Waals surface area contributed by atoms with Gasteiger partial charge in [0.2, 0.25) is 10.0 Å². The van der Waals surface area contributed by atoms with Crippen LogP contribution in [0.5, 0.6) is 0 Å². The Hall–Kier alpha value is -0.620. The highest BCUT2D eigenvalue weighted by atomic mass is 35.5. The molecule has 6 heteroatoms. The van der Waals surface area contributed by atoms with E-state index in [4.69, 9.17) is 17.3 Å². The summed E-state index contributed by atoms with van der Waals surface area (Å²) >= 11 is 6.06. The van der Waals surface area contributed by atoms with Crippen LogP contribution in [0.15, 0.2) is 23.1 Å². The lowest BCUT2D eigenvalue weighted by Gasteiger charge is -2.20. The first-order valence-corrected chi connectivity index (χ1v) is 8.81. The van der Waals surface area contributed by atoms with Gasteiger partial charge in [-0.05, 0) is 43.4 Å². The number of halogens is 1. The third-order valence-corrected chi connectivity index (χ3v) is 6.01. The topological polar surface area (TPSA) is 72.2 Å². The molecule has 4 nitrogen and oxygen atoms in total. The van der Waals surface area contributed by atoms with Crippen LogP contribution in [0.2, 0.25) is 5.02 Å². The number of nitrogens with two attached hydrogens (primary N) is 1. The number of hydrogen-bond acceptors (Lipinski definition) is 3. The second-order valence-electron chi connectivity index (χ2n) is 5.42. The molecule has 1 fully saturated rings. The molecule has 0 radical (unpaired) electrons. The number of nitrogens with one attached hydrogen (secondary N) is 1. The second kappa shape index (κ2) is 6.43. The number of hydrogen-bond donors (Lipinski definition) is 2. The van der Waals surface area contributed by atoms with Gasteiger partial charge in [0.05, 0.1) is 5.02 Å². The Balaban J connectivity index is 2.17. The molecule has 3 N–H and O–H groups in total. The molecule has 0 saturated heterocycles. The first kappa shape index (κ1) is 15.8. The zero-order chi connectivity index (χ0) is 14.8. The molecule has 0 spiro atoms. The molecule has 1 saturated carbocycles. The van der Waals surface area contributed by atoms with Crippen molar-refractivity contribution in [2.45, 2.75) is 50.1 Å². The van der Waals surface area contributed by atoms with Crippen molar-refractivity contribution < 1.29 is 8.42 Å². The van der Waals surface area contributed by atoms with Crippen LogP contribution in [0.3, 0.4) is 0 Å². The van der Waals surface area contributed by atoms with Gasteiger partial charge in [0, 0.05) is 12.6 Å². The predicted molar refractivity (Wildman–Crippen MR) is 81.1 cm³/mol. The monoisotopic (exact) mass is 316 g/mol. The molecule has 0 bridgehead atoms. The number of sulfonamides is 1. The fourth-order valence-electron chi connectivity index (χ4n) is 2.75. The Kier molecular flexibility index (Phi) is 5.07. The normalized spacial score (nSPS) is 18.4. The van der Waals surface area contributed by atoms with Crippen LogP contribution in [0.4, 0.5) is 0 Å². The van der Waals surface area contributed by atoms with Crippen LogP contribution >= 0.6 is 11.6 Å². The van der Waals surface area contributed by atoms with Crippen molar-refractivity contribution in [3.05, 3.63) is 28.8 Å². The highest BCUT2D eigenvalue weighted by molar-refractivity contribution is 7.89. The Bertz CT molecular complexity index is 569. The van der Waals surface area contributed by atoms with Gasteiger partial charge in [0.25, 0.3) is 0 Å². The standard InChI is InChI=1S/C14H21ClN2O2S/c1-10(12-4-2-3-5-12)17-20(18,19)14-7-6-11(9-16)8-13(14)15/h6-8,10,12,17H,2-5,9,16H2,1H3. The van der Waals surface area contributed by atoms with Gasteiger partial charge in [-0.15, -0.1) is 0 Å². The Labute approximate surface area is 125 Å². The Morgan fingerprint density at radius 1 is 1.40 bits per heavy atom. The van der Waals surface area contributed by atoms with E-state index in [1.165, 1.54) is 18.9 Å². The Morgan fingerprint density at radius 3 is 2.60 bits per heavy atom. The predicted octanol–water partition coefficient (Wildman–Crippen LogP) is 2.66. The number of rotatable bonds is 5. The fourth-order valence-corrected chi connectivity index (χ4v) is 4.63. The molecule has 20 heavy (non-hydrogen) atoms. The molecule has 1 aliphatic carbocycles. The van der Waals surface area contributed by atoms with Crippen molar-refractivity contribution in [2.24, 2.45) is 11.7 Å². The summed E-state index contributed by atoms with van der Waals surface area (Å²) in [6, 6.07) is 4.76. The average molecular weight is 317 g/mol. The molecule has 0 aromatic heterocycles. The van der Waals surface area contributed by atoms with E-state index in [0.29, 0.717) is 12.5 Å². The summed E-state index contributed by atoms with van der Waals surface area (Å²) in [5, 5.41) is 0.221. The minimum atomic E-state index is -3.58. The van der Waals surface area contributed by atoms with Gasteiger partial charge < -0.3 is 5.73 Å². The van der Waals surface area contributed by atoms with Crippen LogP contribution < -0.4 is 10.5 Å². The molecular formula is C14H21ClN2O2S. The van der Waals surface area contributed by atoms with Gasteiger partial charge >= 0.3 is 0 Å². The van der Waals surface area contributed by atoms with E-state index in [9.17, 15) is 8.42 Å². The molecule has 0 aliphatic heterocycles. The Morgan fingerprint density at radius 2 is 2.05 bits per heavy atom. The molecule has 2 rings (SSSR count). The summed E-state index contributed by atoms with van der Waals surface area (Å²) in [5.41, 5.74) is 6.33. The first-order valence-electron chi connectivity index (χ1n) is 6.95. The van der Waals surface area contributed by atoms with Gasteiger partial charge in [-0.1, -0.05) is 30.5 Å². The quantitative estimate of drug-likeness (QED) is 0.877. The van der Waals surface area contributed by atoms with E-state index in [2.05, 4.69) is 4.72 Å². The van der Waals surface area contributed by atoms with Crippen molar-refractivity contribution in [2.75, 3.05) is 0 Å². The fraction of sp³-hybridized carbons (Fsp3) is 0.571. The zero-order valence-corrected chi connectivity index (χ0v) is 13.2. The SMILES string of the molecule is CC(NS(=O)(=O)c1ccc(CN)cc1Cl)C1CCCC1. The molecule has 0 heterocycles. The molecule has 112 valence electrons. The molecule has 1 aliphatic rings. The van der Waals surface area contributed by atoms with Crippen molar-refractivity contribution in [1.82, 2.24) is 4.72 Å². The average Bonchev–Trinajstić information content (AvgIpc) is 2.91. The minimum Gasteiger partial charge on any atom is -0.326 e. The maximum atomic E-state index is 12.4. The molecular weight excluding hydrogens is 296 g/mol. The smallest absolute Gasteiger partial charge is 0.242 e. The molecule has 1 unspecified atom stereocenters. The lowest BCUT2D eigenvalue weighted by Crippen LogP contribution is -2.37. The highest BCUT2D eigenvalue weighted by Crippen LogP contribution is 2.29. The van der Waals surface area contributed by atoms with Crippen LogP contribution in [-0.4, -0.2) is 14.5 Å². The summed E-state index contributed by atoms with van der Waals surface area (Å²) in [6.07, 6.45) is 4.54. The van der Waals surface area contributed by atoms with E-state index >= 15 is 0 Å². The largest absolute Gasteiger partial charge is 0.326 e. The van der Waals surface area contributed by atoms with Crippen LogP contribution in [0, 0.1) is 5.92 Å². The van der Waals surface area contributed by atoms with Gasteiger partial charge in [-0.3, -0.25) is 0 Å². The van der Waals surface area contributed by atoms with Gasteiger partial charge in [0.1, 0.15) is 4.90 Å². The molecule has 1 atom stereocenters. The highest BCUT2D eigenvalue weighted by Gasteiger charge is 2.27. The summed E-state index contributed by atoms with van der Waals surface area (Å²) in [5.74, 6) is 0.423. The second-order valence-corrected chi connectivity index (χ2v) is 7.51. The van der Waals surface area contributed by atoms with Crippen molar-refractivity contribution in [1.29, 1.82) is 0 Å². The van der Waals surface area contributed by atoms with E-state index in [-0.39, 0.29) is 16.0 Å². The molecule has 1 aromatic rings. The van der Waals surface area contributed by atoms with Crippen molar-refractivity contribution >= 4 is 21.6 Å². The van der Waals surface area contributed by atoms with E-state index < -0.39 is 10.0 Å². The zero-order valence-electron chi connectivity index (χ0n) is 11.6. The van der Waals surface area contributed by atoms with Gasteiger partial charge in [-0.25, -0.2) is 13.1 Å². The maximum absolute atomic E-state index is 12.4. The molecule has 0 amide bonds. The summed E-state index contributed by atoms with van der Waals surface area (Å²) in [7, 11) is -3.58. The third kappa shape index (κ3) is 3.52. The third-order valence-electron chi connectivity index (χ3n) is 3.97. The van der Waals surface area contributed by atoms with Crippen LogP contribution in [0.25, 0.3) is 0 Å². The molecule has 1 aromatic carbocycles. The number of benzene rings is 1. The summed E-state index contributed by atoms with van der Waals surface area (Å²) in [6.45, 7) is 2.27. The van der Waals surface area contributed by atoms with Crippen molar-refractivity contribution in [3.63, 3.8) is 0 Å². The summed E-state index contributed by atoms with van der Waals surface area (Å²) in [4.78, 5) is 0.126. The maximum Gasteiger partial charge on any atom is 0.242 e. The van der Waals surface area contributed by atoms with Gasteiger partial charge in [-0.2, -0.15) is 0 Å². The van der Waals surface area contributed by atoms with Crippen LogP contribution in [-0.2, 0) is 16.6 Å². The first-order chi connectivity index (χ1) is 9.44. The lowest BCUT2D eigenvalue weighted by atomic mass is 10.0. The van der Waals surface area contributed by atoms with Crippen molar-refractivity contribution in [3.8, 4) is 0 Å².